The smallest absolute Gasteiger partial charge is 0.238 e. The summed E-state index contributed by atoms with van der Waals surface area (Å²) in [6.45, 7) is 4.16. The molecule has 0 saturated carbocycles. The first-order chi connectivity index (χ1) is 8.15. The number of likely N-dealkylation sites (tertiary alicyclic amines) is 1. The molecule has 1 saturated heterocycles. The molecule has 0 aromatic heterocycles. The molecular formula is C13H19N3O. The first-order valence-corrected chi connectivity index (χ1v) is 5.98. The second-order valence-corrected chi connectivity index (χ2v) is 4.65. The van der Waals surface area contributed by atoms with Crippen molar-refractivity contribution in [1.82, 2.24) is 4.90 Å². The fourth-order valence-electron chi connectivity index (χ4n) is 2.11. The number of nitrogens with two attached hydrogens (primary N) is 1. The van der Waals surface area contributed by atoms with Gasteiger partial charge in [0.05, 0.1) is 6.54 Å². The number of para-hydroxylation sites is 1. The van der Waals surface area contributed by atoms with E-state index < -0.39 is 0 Å². The third kappa shape index (κ3) is 3.28. The molecule has 1 heterocycles. The third-order valence-electron chi connectivity index (χ3n) is 3.10. The van der Waals surface area contributed by atoms with Crippen LogP contribution in [0.3, 0.4) is 0 Å². The summed E-state index contributed by atoms with van der Waals surface area (Å²) >= 11 is 0. The van der Waals surface area contributed by atoms with Crippen LogP contribution in [0, 0.1) is 6.92 Å². The van der Waals surface area contributed by atoms with Crippen molar-refractivity contribution in [2.24, 2.45) is 5.73 Å². The van der Waals surface area contributed by atoms with E-state index in [1.54, 1.807) is 0 Å². The number of hydrogen-bond acceptors (Lipinski definition) is 3. The van der Waals surface area contributed by atoms with Gasteiger partial charge >= 0.3 is 0 Å². The van der Waals surface area contributed by atoms with E-state index in [-0.39, 0.29) is 11.9 Å². The van der Waals surface area contributed by atoms with E-state index in [9.17, 15) is 4.79 Å². The van der Waals surface area contributed by atoms with Crippen molar-refractivity contribution in [2.75, 3.05) is 25.0 Å². The molecule has 1 aliphatic heterocycles. The minimum absolute atomic E-state index is 0.0356. The average Bonchev–Trinajstić information content (AvgIpc) is 2.67. The predicted molar refractivity (Wildman–Crippen MR) is 68.8 cm³/mol. The van der Waals surface area contributed by atoms with Crippen molar-refractivity contribution in [3.05, 3.63) is 29.8 Å². The van der Waals surface area contributed by atoms with E-state index >= 15 is 0 Å². The van der Waals surface area contributed by atoms with E-state index in [0.29, 0.717) is 6.54 Å². The molecule has 1 aromatic rings. The monoisotopic (exact) mass is 233 g/mol. The molecule has 0 bridgehead atoms. The van der Waals surface area contributed by atoms with Crippen molar-refractivity contribution < 1.29 is 4.79 Å². The van der Waals surface area contributed by atoms with Gasteiger partial charge < -0.3 is 11.1 Å². The van der Waals surface area contributed by atoms with Crippen LogP contribution < -0.4 is 11.1 Å². The summed E-state index contributed by atoms with van der Waals surface area (Å²) in [6.07, 6.45) is 0.984. The van der Waals surface area contributed by atoms with Gasteiger partial charge in [-0.05, 0) is 25.0 Å². The lowest BCUT2D eigenvalue weighted by Crippen LogP contribution is -2.33. The molecule has 4 nitrogen and oxygen atoms in total. The number of nitrogens with zero attached hydrogens (tertiary/aromatic N) is 1. The van der Waals surface area contributed by atoms with E-state index in [0.717, 1.165) is 30.8 Å². The molecule has 17 heavy (non-hydrogen) atoms. The Morgan fingerprint density at radius 3 is 2.94 bits per heavy atom. The predicted octanol–water partition coefficient (Wildman–Crippen LogP) is 0.967. The molecule has 1 fully saturated rings. The lowest BCUT2D eigenvalue weighted by atomic mass is 10.2. The maximum Gasteiger partial charge on any atom is 0.238 e. The minimum atomic E-state index is 0.0356. The number of carbonyl (C=O) groups is 1. The molecule has 4 heteroatoms. The van der Waals surface area contributed by atoms with E-state index in [1.807, 2.05) is 31.2 Å². The molecule has 0 spiro atoms. The summed E-state index contributed by atoms with van der Waals surface area (Å²) in [7, 11) is 0. The first kappa shape index (κ1) is 12.1. The SMILES string of the molecule is Cc1ccccc1NC(=O)CN1CC[C@@H](N)C1. The molecule has 1 amide bonds. The van der Waals surface area contributed by atoms with Gasteiger partial charge in [-0.3, -0.25) is 9.69 Å². The standard InChI is InChI=1S/C13H19N3O/c1-10-4-2-3-5-12(10)15-13(17)9-16-7-6-11(14)8-16/h2-5,11H,6-9,14H2,1H3,(H,15,17)/t11-/m1/s1. The van der Waals surface area contributed by atoms with Gasteiger partial charge in [-0.1, -0.05) is 18.2 Å². The van der Waals surface area contributed by atoms with Crippen molar-refractivity contribution in [3.63, 3.8) is 0 Å². The highest BCUT2D eigenvalue weighted by Gasteiger charge is 2.20. The van der Waals surface area contributed by atoms with Gasteiger partial charge in [0.2, 0.25) is 5.91 Å². The van der Waals surface area contributed by atoms with Crippen molar-refractivity contribution in [1.29, 1.82) is 0 Å². The second-order valence-electron chi connectivity index (χ2n) is 4.65. The Labute approximate surface area is 102 Å². The van der Waals surface area contributed by atoms with Crippen LogP contribution >= 0.6 is 0 Å². The van der Waals surface area contributed by atoms with Gasteiger partial charge in [-0.2, -0.15) is 0 Å². The van der Waals surface area contributed by atoms with Gasteiger partial charge in [0.1, 0.15) is 0 Å². The van der Waals surface area contributed by atoms with E-state index in [2.05, 4.69) is 10.2 Å². The molecule has 1 aromatic carbocycles. The Morgan fingerprint density at radius 1 is 1.53 bits per heavy atom. The Morgan fingerprint density at radius 2 is 2.29 bits per heavy atom. The van der Waals surface area contributed by atoms with E-state index in [1.165, 1.54) is 0 Å². The zero-order valence-electron chi connectivity index (χ0n) is 10.1. The first-order valence-electron chi connectivity index (χ1n) is 5.98. The van der Waals surface area contributed by atoms with Gasteiger partial charge in [0.15, 0.2) is 0 Å². The maximum absolute atomic E-state index is 11.8. The Hall–Kier alpha value is -1.39. The van der Waals surface area contributed by atoms with Crippen LogP contribution in [0.1, 0.15) is 12.0 Å². The van der Waals surface area contributed by atoms with Gasteiger partial charge in [0, 0.05) is 24.8 Å². The van der Waals surface area contributed by atoms with Crippen LogP contribution in [0.5, 0.6) is 0 Å². The molecule has 0 radical (unpaired) electrons. The summed E-state index contributed by atoms with van der Waals surface area (Å²) in [6, 6.07) is 8.02. The van der Waals surface area contributed by atoms with Gasteiger partial charge in [-0.25, -0.2) is 0 Å². The Balaban J connectivity index is 1.87. The lowest BCUT2D eigenvalue weighted by Gasteiger charge is -2.15. The Bertz CT molecular complexity index is 405. The van der Waals surface area contributed by atoms with Crippen LogP contribution in [-0.4, -0.2) is 36.5 Å². The summed E-state index contributed by atoms with van der Waals surface area (Å²) in [5, 5.41) is 2.93. The number of carbonyl (C=O) groups excluding carboxylic acids is 1. The quantitative estimate of drug-likeness (QED) is 0.817. The van der Waals surface area contributed by atoms with Crippen LogP contribution in [0.25, 0.3) is 0 Å². The normalized spacial score (nSPS) is 20.5. The lowest BCUT2D eigenvalue weighted by molar-refractivity contribution is -0.117. The number of aryl methyl sites for hydroxylation is 1. The highest BCUT2D eigenvalue weighted by molar-refractivity contribution is 5.92. The highest BCUT2D eigenvalue weighted by atomic mass is 16.2. The fourth-order valence-corrected chi connectivity index (χ4v) is 2.11. The van der Waals surface area contributed by atoms with Crippen molar-refractivity contribution in [2.45, 2.75) is 19.4 Å². The summed E-state index contributed by atoms with van der Waals surface area (Å²) in [5.74, 6) is 0.0356. The van der Waals surface area contributed by atoms with Gasteiger partial charge in [-0.15, -0.1) is 0 Å². The molecule has 0 aliphatic carbocycles. The number of rotatable bonds is 3. The molecule has 0 unspecified atom stereocenters. The van der Waals surface area contributed by atoms with E-state index in [4.69, 9.17) is 5.73 Å². The maximum atomic E-state index is 11.8. The number of hydrogen-bond donors (Lipinski definition) is 2. The molecule has 92 valence electrons. The fraction of sp³-hybridized carbons (Fsp3) is 0.462. The number of benzene rings is 1. The van der Waals surface area contributed by atoms with Crippen molar-refractivity contribution >= 4 is 11.6 Å². The van der Waals surface area contributed by atoms with Crippen molar-refractivity contribution in [3.8, 4) is 0 Å². The minimum Gasteiger partial charge on any atom is -0.326 e. The molecule has 1 aliphatic rings. The van der Waals surface area contributed by atoms with Crippen LogP contribution in [0.15, 0.2) is 24.3 Å². The van der Waals surface area contributed by atoms with Gasteiger partial charge in [0.25, 0.3) is 0 Å². The third-order valence-corrected chi connectivity index (χ3v) is 3.10. The topological polar surface area (TPSA) is 58.4 Å². The van der Waals surface area contributed by atoms with Crippen LogP contribution in [-0.2, 0) is 4.79 Å². The summed E-state index contributed by atoms with van der Waals surface area (Å²) in [5.41, 5.74) is 7.78. The number of nitrogens with one attached hydrogen (secondary N) is 1. The summed E-state index contributed by atoms with van der Waals surface area (Å²) < 4.78 is 0. The highest BCUT2D eigenvalue weighted by Crippen LogP contribution is 2.13. The zero-order chi connectivity index (χ0) is 12.3. The summed E-state index contributed by atoms with van der Waals surface area (Å²) in [4.78, 5) is 13.9. The molecule has 2 rings (SSSR count). The second kappa shape index (κ2) is 5.29. The van der Waals surface area contributed by atoms with Crippen LogP contribution in [0.2, 0.25) is 0 Å². The zero-order valence-corrected chi connectivity index (χ0v) is 10.1. The molecule has 3 N–H and O–H groups in total. The number of amides is 1. The largest absolute Gasteiger partial charge is 0.326 e. The van der Waals surface area contributed by atoms with Crippen LogP contribution in [0.4, 0.5) is 5.69 Å². The molecular weight excluding hydrogens is 214 g/mol. The Kier molecular flexibility index (Phi) is 3.76. The average molecular weight is 233 g/mol. The molecule has 1 atom stereocenters. The number of anilines is 1.